The molecule has 0 radical (unpaired) electrons. The van der Waals surface area contributed by atoms with Crippen LogP contribution in [-0.4, -0.2) is 47.8 Å². The maximum atomic E-state index is 13.2. The van der Waals surface area contributed by atoms with Crippen LogP contribution in [0.3, 0.4) is 0 Å². The van der Waals surface area contributed by atoms with E-state index in [0.717, 1.165) is 9.78 Å². The number of benzene rings is 1. The first-order valence-corrected chi connectivity index (χ1v) is 9.95. The smallest absolute Gasteiger partial charge is 0.325 e. The number of amides is 4. The Balaban J connectivity index is 1.51. The molecule has 1 aromatic heterocycles. The van der Waals surface area contributed by atoms with Crippen LogP contribution in [0.4, 0.5) is 4.79 Å². The molecular formula is C19H18ClN3O4S. The molecular weight excluding hydrogens is 402 g/mol. The van der Waals surface area contributed by atoms with Gasteiger partial charge in [0.05, 0.1) is 17.5 Å². The summed E-state index contributed by atoms with van der Waals surface area (Å²) in [5.41, 5.74) is -0.553. The van der Waals surface area contributed by atoms with Gasteiger partial charge in [0.25, 0.3) is 5.91 Å². The van der Waals surface area contributed by atoms with Crippen molar-refractivity contribution in [3.05, 3.63) is 51.2 Å². The van der Waals surface area contributed by atoms with E-state index >= 15 is 0 Å². The van der Waals surface area contributed by atoms with E-state index in [0.29, 0.717) is 35.2 Å². The van der Waals surface area contributed by atoms with Gasteiger partial charge in [0.1, 0.15) is 12.3 Å². The van der Waals surface area contributed by atoms with Gasteiger partial charge in [-0.05, 0) is 18.2 Å². The van der Waals surface area contributed by atoms with E-state index in [1.54, 1.807) is 31.3 Å². The lowest BCUT2D eigenvalue weighted by molar-refractivity contribution is -0.139. The van der Waals surface area contributed by atoms with Crippen molar-refractivity contribution in [2.45, 2.75) is 18.5 Å². The second kappa shape index (κ2) is 7.10. The van der Waals surface area contributed by atoms with Gasteiger partial charge in [0.15, 0.2) is 5.54 Å². The first-order valence-electron chi connectivity index (χ1n) is 8.75. The summed E-state index contributed by atoms with van der Waals surface area (Å²) >= 11 is 7.31. The normalized spacial score (nSPS) is 20.7. The van der Waals surface area contributed by atoms with Crippen LogP contribution in [-0.2, 0) is 21.7 Å². The molecule has 2 aromatic rings. The molecule has 9 heteroatoms. The van der Waals surface area contributed by atoms with Crippen LogP contribution in [0.15, 0.2) is 36.4 Å². The molecule has 2 aliphatic rings. The van der Waals surface area contributed by atoms with Gasteiger partial charge in [-0.2, -0.15) is 0 Å². The minimum absolute atomic E-state index is 0.309. The molecule has 7 nitrogen and oxygen atoms in total. The van der Waals surface area contributed by atoms with Gasteiger partial charge in [0.2, 0.25) is 5.91 Å². The van der Waals surface area contributed by atoms with E-state index in [9.17, 15) is 14.4 Å². The van der Waals surface area contributed by atoms with Crippen molar-refractivity contribution in [3.63, 3.8) is 0 Å². The lowest BCUT2D eigenvalue weighted by atomic mass is 9.84. The Morgan fingerprint density at radius 1 is 1.32 bits per heavy atom. The van der Waals surface area contributed by atoms with Crippen molar-refractivity contribution in [3.8, 4) is 5.75 Å². The minimum atomic E-state index is -1.17. The molecule has 1 aromatic carbocycles. The highest BCUT2D eigenvalue weighted by Gasteiger charge is 2.55. The highest BCUT2D eigenvalue weighted by Crippen LogP contribution is 2.40. The number of hydrogen-bond donors (Lipinski definition) is 1. The van der Waals surface area contributed by atoms with E-state index in [2.05, 4.69) is 5.32 Å². The Kier molecular flexibility index (Phi) is 4.76. The van der Waals surface area contributed by atoms with Crippen molar-refractivity contribution >= 4 is 40.8 Å². The average molecular weight is 420 g/mol. The van der Waals surface area contributed by atoms with Crippen LogP contribution in [0.2, 0.25) is 4.34 Å². The highest BCUT2D eigenvalue weighted by molar-refractivity contribution is 7.16. The Labute approximate surface area is 170 Å². The number of fused-ring (bicyclic) bond motifs is 2. The second-order valence-electron chi connectivity index (χ2n) is 6.78. The number of nitrogens with one attached hydrogen (secondary N) is 1. The lowest BCUT2D eigenvalue weighted by Gasteiger charge is -2.33. The van der Waals surface area contributed by atoms with E-state index in [1.165, 1.54) is 16.2 Å². The Morgan fingerprint density at radius 2 is 2.11 bits per heavy atom. The van der Waals surface area contributed by atoms with Crippen molar-refractivity contribution < 1.29 is 19.1 Å². The van der Waals surface area contributed by atoms with E-state index < -0.39 is 17.5 Å². The van der Waals surface area contributed by atoms with Crippen molar-refractivity contribution in [1.29, 1.82) is 0 Å². The molecule has 3 heterocycles. The monoisotopic (exact) mass is 419 g/mol. The van der Waals surface area contributed by atoms with Gasteiger partial charge in [-0.25, -0.2) is 4.79 Å². The second-order valence-corrected chi connectivity index (χ2v) is 8.58. The topological polar surface area (TPSA) is 79.0 Å². The fraction of sp³-hybridized carbons (Fsp3) is 0.316. The molecule has 0 unspecified atom stereocenters. The van der Waals surface area contributed by atoms with Gasteiger partial charge in [0, 0.05) is 23.9 Å². The summed E-state index contributed by atoms with van der Waals surface area (Å²) in [5, 5.41) is 2.79. The quantitative estimate of drug-likeness (QED) is 0.772. The number of carbonyl (C=O) groups is 3. The Hall–Kier alpha value is -2.58. The number of rotatable bonds is 4. The zero-order valence-electron chi connectivity index (χ0n) is 15.1. The molecule has 1 spiro atoms. The number of likely N-dealkylation sites (N-methyl/N-ethyl adjacent to an activating group) is 1. The lowest BCUT2D eigenvalue weighted by Crippen LogP contribution is -2.48. The molecule has 4 amide bonds. The predicted octanol–water partition coefficient (Wildman–Crippen LogP) is 2.59. The van der Waals surface area contributed by atoms with Crippen LogP contribution in [0.25, 0.3) is 0 Å². The van der Waals surface area contributed by atoms with Crippen molar-refractivity contribution in [1.82, 2.24) is 15.1 Å². The zero-order chi connectivity index (χ0) is 19.9. The summed E-state index contributed by atoms with van der Waals surface area (Å²) in [6, 6.07) is 10.2. The molecule has 0 saturated carbocycles. The molecule has 1 fully saturated rings. The van der Waals surface area contributed by atoms with E-state index in [-0.39, 0.29) is 12.5 Å². The summed E-state index contributed by atoms with van der Waals surface area (Å²) in [7, 11) is 1.63. The van der Waals surface area contributed by atoms with Gasteiger partial charge >= 0.3 is 6.03 Å². The maximum absolute atomic E-state index is 13.2. The molecule has 1 N–H and O–H groups in total. The number of nitrogens with zero attached hydrogens (tertiary/aromatic N) is 2. The Morgan fingerprint density at radius 3 is 2.86 bits per heavy atom. The number of thiophene rings is 1. The molecule has 4 rings (SSSR count). The SMILES string of the molecule is CN(Cc1ccc(Cl)s1)C(=O)CN1C(=O)N[C@@]2(CCOc3ccccc32)C1=O. The zero-order valence-corrected chi connectivity index (χ0v) is 16.7. The summed E-state index contributed by atoms with van der Waals surface area (Å²) in [6.07, 6.45) is 0.322. The Bertz CT molecular complexity index is 962. The number of imide groups is 1. The maximum Gasteiger partial charge on any atom is 0.325 e. The van der Waals surface area contributed by atoms with E-state index in [4.69, 9.17) is 16.3 Å². The third kappa shape index (κ3) is 3.12. The first kappa shape index (κ1) is 18.8. The third-order valence-electron chi connectivity index (χ3n) is 5.00. The largest absolute Gasteiger partial charge is 0.493 e. The van der Waals surface area contributed by atoms with Crippen molar-refractivity contribution in [2.75, 3.05) is 20.2 Å². The number of carbonyl (C=O) groups excluding carboxylic acids is 3. The van der Waals surface area contributed by atoms with Gasteiger partial charge in [-0.15, -0.1) is 11.3 Å². The fourth-order valence-electron chi connectivity index (χ4n) is 3.53. The van der Waals surface area contributed by atoms with Crippen LogP contribution < -0.4 is 10.1 Å². The summed E-state index contributed by atoms with van der Waals surface area (Å²) in [5.74, 6) is -0.179. The van der Waals surface area contributed by atoms with Gasteiger partial charge in [-0.3, -0.25) is 14.5 Å². The van der Waals surface area contributed by atoms with Crippen molar-refractivity contribution in [2.24, 2.45) is 0 Å². The standard InChI is InChI=1S/C19H18ClN3O4S/c1-22(10-12-6-7-15(20)28-12)16(24)11-23-17(25)19(21-18(23)26)8-9-27-14-5-3-2-4-13(14)19/h2-7H,8-11H2,1H3,(H,21,26)/t19-/m1/s1. The summed E-state index contributed by atoms with van der Waals surface area (Å²) in [4.78, 5) is 41.7. The number of ether oxygens (including phenoxy) is 1. The molecule has 28 heavy (non-hydrogen) atoms. The minimum Gasteiger partial charge on any atom is -0.493 e. The van der Waals surface area contributed by atoms with Gasteiger partial charge in [-0.1, -0.05) is 29.8 Å². The van der Waals surface area contributed by atoms with Crippen LogP contribution in [0, 0.1) is 0 Å². The average Bonchev–Trinajstić information content (AvgIpc) is 3.18. The van der Waals surface area contributed by atoms with Crippen LogP contribution >= 0.6 is 22.9 Å². The molecule has 2 aliphatic heterocycles. The number of hydrogen-bond acceptors (Lipinski definition) is 5. The number of para-hydroxylation sites is 1. The van der Waals surface area contributed by atoms with E-state index in [1.807, 2.05) is 12.1 Å². The van der Waals surface area contributed by atoms with Crippen LogP contribution in [0.5, 0.6) is 5.75 Å². The molecule has 0 aliphatic carbocycles. The first-order chi connectivity index (χ1) is 13.4. The highest BCUT2D eigenvalue weighted by atomic mass is 35.5. The predicted molar refractivity (Wildman–Crippen MR) is 104 cm³/mol. The molecule has 146 valence electrons. The molecule has 1 saturated heterocycles. The van der Waals surface area contributed by atoms with Crippen LogP contribution in [0.1, 0.15) is 16.9 Å². The number of halogens is 1. The summed E-state index contributed by atoms with van der Waals surface area (Å²) < 4.78 is 6.25. The number of urea groups is 1. The van der Waals surface area contributed by atoms with Gasteiger partial charge < -0.3 is 15.0 Å². The fourth-order valence-corrected chi connectivity index (χ4v) is 4.67. The molecule has 0 bridgehead atoms. The summed E-state index contributed by atoms with van der Waals surface area (Å²) in [6.45, 7) is 0.358. The molecule has 1 atom stereocenters. The third-order valence-corrected chi connectivity index (χ3v) is 6.21.